The predicted molar refractivity (Wildman–Crippen MR) is 76.3 cm³/mol. The molecular formula is C17H10F2O2. The Bertz CT molecular complexity index is 836. The van der Waals surface area contributed by atoms with Crippen LogP contribution in [0.25, 0.3) is 21.9 Å². The lowest BCUT2D eigenvalue weighted by Gasteiger charge is -2.09. The van der Waals surface area contributed by atoms with Crippen molar-refractivity contribution in [3.05, 3.63) is 71.8 Å². The van der Waals surface area contributed by atoms with Crippen LogP contribution in [0.5, 0.6) is 0 Å². The molecule has 3 aromatic rings. The fourth-order valence-corrected chi connectivity index (χ4v) is 2.45. The molecule has 3 aromatic carbocycles. The lowest BCUT2D eigenvalue weighted by atomic mass is 9.95. The topological polar surface area (TPSA) is 37.3 Å². The van der Waals surface area contributed by atoms with E-state index in [1.807, 2.05) is 0 Å². The van der Waals surface area contributed by atoms with Gasteiger partial charge in [-0.05, 0) is 40.1 Å². The van der Waals surface area contributed by atoms with Crippen LogP contribution < -0.4 is 0 Å². The minimum atomic E-state index is -1.04. The van der Waals surface area contributed by atoms with Crippen LogP contribution in [0.15, 0.2) is 54.6 Å². The molecule has 1 N–H and O–H groups in total. The molecular weight excluding hydrogens is 274 g/mol. The van der Waals surface area contributed by atoms with Crippen LogP contribution in [0.3, 0.4) is 0 Å². The van der Waals surface area contributed by atoms with Crippen LogP contribution in [0.1, 0.15) is 10.4 Å². The minimum Gasteiger partial charge on any atom is -0.478 e. The molecule has 0 unspecified atom stereocenters. The predicted octanol–water partition coefficient (Wildman–Crippen LogP) is 4.48. The smallest absolute Gasteiger partial charge is 0.336 e. The van der Waals surface area contributed by atoms with Crippen molar-refractivity contribution in [2.24, 2.45) is 0 Å². The Morgan fingerprint density at radius 1 is 0.857 bits per heavy atom. The molecule has 0 aliphatic carbocycles. The molecule has 104 valence electrons. The molecule has 0 aliphatic heterocycles. The third-order valence-electron chi connectivity index (χ3n) is 3.33. The molecule has 0 amide bonds. The lowest BCUT2D eigenvalue weighted by molar-refractivity contribution is 0.0699. The molecule has 0 fully saturated rings. The van der Waals surface area contributed by atoms with E-state index in [-0.39, 0.29) is 5.56 Å². The molecule has 0 bridgehead atoms. The number of halogens is 2. The fourth-order valence-electron chi connectivity index (χ4n) is 2.45. The summed E-state index contributed by atoms with van der Waals surface area (Å²) < 4.78 is 26.8. The second-order valence-corrected chi connectivity index (χ2v) is 4.67. The van der Waals surface area contributed by atoms with Crippen molar-refractivity contribution >= 4 is 16.7 Å². The number of carboxylic acid groups (broad SMARTS) is 1. The van der Waals surface area contributed by atoms with Crippen molar-refractivity contribution in [2.45, 2.75) is 0 Å². The van der Waals surface area contributed by atoms with Crippen molar-refractivity contribution in [2.75, 3.05) is 0 Å². The lowest BCUT2D eigenvalue weighted by Crippen LogP contribution is -1.98. The zero-order valence-corrected chi connectivity index (χ0v) is 10.8. The summed E-state index contributed by atoms with van der Waals surface area (Å²) in [6.07, 6.45) is 0. The third-order valence-corrected chi connectivity index (χ3v) is 3.33. The molecule has 0 saturated carbocycles. The highest BCUT2D eigenvalue weighted by Crippen LogP contribution is 2.31. The third kappa shape index (κ3) is 2.36. The maximum atomic E-state index is 13.4. The first-order chi connectivity index (χ1) is 10.1. The number of fused-ring (bicyclic) bond motifs is 1. The second kappa shape index (κ2) is 4.98. The van der Waals surface area contributed by atoms with Gasteiger partial charge < -0.3 is 5.11 Å². The number of carbonyl (C=O) groups is 1. The highest BCUT2D eigenvalue weighted by Gasteiger charge is 2.13. The van der Waals surface area contributed by atoms with Crippen LogP contribution in [0.2, 0.25) is 0 Å². The second-order valence-electron chi connectivity index (χ2n) is 4.67. The van der Waals surface area contributed by atoms with Crippen molar-refractivity contribution < 1.29 is 18.7 Å². The number of benzene rings is 3. The van der Waals surface area contributed by atoms with Crippen LogP contribution in [0.4, 0.5) is 8.78 Å². The molecule has 0 spiro atoms. The number of hydrogen-bond donors (Lipinski definition) is 1. The van der Waals surface area contributed by atoms with Gasteiger partial charge in [-0.15, -0.1) is 0 Å². The van der Waals surface area contributed by atoms with E-state index in [0.717, 1.165) is 6.07 Å². The van der Waals surface area contributed by atoms with Crippen molar-refractivity contribution in [3.63, 3.8) is 0 Å². The van der Waals surface area contributed by atoms with Gasteiger partial charge in [-0.1, -0.05) is 30.3 Å². The SMILES string of the molecule is O=C(O)c1ccc(-c2cc(F)cc(F)c2)c2ccccc12. The number of hydrogen-bond acceptors (Lipinski definition) is 1. The van der Waals surface area contributed by atoms with Gasteiger partial charge in [0, 0.05) is 6.07 Å². The Kier molecular flexibility index (Phi) is 3.14. The highest BCUT2D eigenvalue weighted by molar-refractivity contribution is 6.08. The molecule has 0 aromatic heterocycles. The first-order valence-corrected chi connectivity index (χ1v) is 6.28. The Labute approximate surface area is 119 Å². The van der Waals surface area contributed by atoms with E-state index in [1.165, 1.54) is 18.2 Å². The van der Waals surface area contributed by atoms with E-state index >= 15 is 0 Å². The first kappa shape index (κ1) is 13.2. The van der Waals surface area contributed by atoms with Gasteiger partial charge in [0.2, 0.25) is 0 Å². The summed E-state index contributed by atoms with van der Waals surface area (Å²) in [6, 6.07) is 13.2. The van der Waals surface area contributed by atoms with Gasteiger partial charge >= 0.3 is 5.97 Å². The Morgan fingerprint density at radius 3 is 2.10 bits per heavy atom. The summed E-state index contributed by atoms with van der Waals surface area (Å²) in [5, 5.41) is 10.4. The van der Waals surface area contributed by atoms with E-state index < -0.39 is 17.6 Å². The van der Waals surface area contributed by atoms with Gasteiger partial charge in [0.25, 0.3) is 0 Å². The zero-order chi connectivity index (χ0) is 15.0. The minimum absolute atomic E-state index is 0.159. The maximum absolute atomic E-state index is 13.4. The standard InChI is InChI=1S/C17H10F2O2/c18-11-7-10(8-12(19)9-11)13-5-6-16(17(20)21)15-4-2-1-3-14(13)15/h1-9H,(H,20,21). The van der Waals surface area contributed by atoms with Gasteiger partial charge in [-0.3, -0.25) is 0 Å². The Balaban J connectivity index is 2.34. The average molecular weight is 284 g/mol. The van der Waals surface area contributed by atoms with E-state index in [1.54, 1.807) is 30.3 Å². The number of carboxylic acids is 1. The Morgan fingerprint density at radius 2 is 1.48 bits per heavy atom. The highest BCUT2D eigenvalue weighted by atomic mass is 19.1. The van der Waals surface area contributed by atoms with Gasteiger partial charge in [-0.2, -0.15) is 0 Å². The van der Waals surface area contributed by atoms with Crippen LogP contribution >= 0.6 is 0 Å². The average Bonchev–Trinajstić information content (AvgIpc) is 2.44. The van der Waals surface area contributed by atoms with E-state index in [9.17, 15) is 18.7 Å². The summed E-state index contributed by atoms with van der Waals surface area (Å²) in [6.45, 7) is 0. The largest absolute Gasteiger partial charge is 0.478 e. The first-order valence-electron chi connectivity index (χ1n) is 6.28. The van der Waals surface area contributed by atoms with Gasteiger partial charge in [0.1, 0.15) is 11.6 Å². The summed E-state index contributed by atoms with van der Waals surface area (Å²) in [5.41, 5.74) is 1.13. The molecule has 0 radical (unpaired) electrons. The van der Waals surface area contributed by atoms with Crippen molar-refractivity contribution in [1.29, 1.82) is 0 Å². The van der Waals surface area contributed by atoms with E-state index in [0.29, 0.717) is 21.9 Å². The van der Waals surface area contributed by atoms with Crippen LogP contribution in [-0.4, -0.2) is 11.1 Å². The Hall–Kier alpha value is -2.75. The van der Waals surface area contributed by atoms with Gasteiger partial charge in [0.05, 0.1) is 5.56 Å². The van der Waals surface area contributed by atoms with Crippen LogP contribution in [-0.2, 0) is 0 Å². The van der Waals surface area contributed by atoms with E-state index in [2.05, 4.69) is 0 Å². The summed E-state index contributed by atoms with van der Waals surface area (Å²) in [4.78, 5) is 11.3. The number of aromatic carboxylic acids is 1. The monoisotopic (exact) mass is 284 g/mol. The summed E-state index contributed by atoms with van der Waals surface area (Å²) in [7, 11) is 0. The van der Waals surface area contributed by atoms with E-state index in [4.69, 9.17) is 0 Å². The molecule has 0 atom stereocenters. The van der Waals surface area contributed by atoms with Crippen molar-refractivity contribution in [3.8, 4) is 11.1 Å². The molecule has 0 heterocycles. The molecule has 0 saturated heterocycles. The van der Waals surface area contributed by atoms with Crippen LogP contribution in [0, 0.1) is 11.6 Å². The van der Waals surface area contributed by atoms with Gasteiger partial charge in [-0.25, -0.2) is 13.6 Å². The summed E-state index contributed by atoms with van der Waals surface area (Å²) in [5.74, 6) is -2.38. The fraction of sp³-hybridized carbons (Fsp3) is 0. The maximum Gasteiger partial charge on any atom is 0.336 e. The summed E-state index contributed by atoms with van der Waals surface area (Å²) >= 11 is 0. The normalized spacial score (nSPS) is 10.8. The molecule has 4 heteroatoms. The quantitative estimate of drug-likeness (QED) is 0.753. The van der Waals surface area contributed by atoms with Gasteiger partial charge in [0.15, 0.2) is 0 Å². The molecule has 2 nitrogen and oxygen atoms in total. The molecule has 3 rings (SSSR count). The molecule has 0 aliphatic rings. The van der Waals surface area contributed by atoms with Crippen molar-refractivity contribution in [1.82, 2.24) is 0 Å². The molecule has 21 heavy (non-hydrogen) atoms. The zero-order valence-electron chi connectivity index (χ0n) is 10.8. The number of rotatable bonds is 2.